The number of guanidine groups is 1. The molecule has 0 saturated heterocycles. The van der Waals surface area contributed by atoms with Crippen LogP contribution in [0.1, 0.15) is 22.4 Å². The van der Waals surface area contributed by atoms with E-state index in [-0.39, 0.29) is 24.0 Å². The number of halogens is 1. The fourth-order valence-electron chi connectivity index (χ4n) is 1.99. The molecule has 7 heteroatoms. The Morgan fingerprint density at radius 3 is 2.78 bits per heavy atom. The van der Waals surface area contributed by atoms with Crippen LogP contribution in [0.5, 0.6) is 0 Å². The summed E-state index contributed by atoms with van der Waals surface area (Å²) in [5.74, 6) is 0.861. The van der Waals surface area contributed by atoms with Gasteiger partial charge in [0.2, 0.25) is 0 Å². The molecule has 2 N–H and O–H groups in total. The maximum atomic E-state index is 4.59. The van der Waals surface area contributed by atoms with Gasteiger partial charge in [-0.15, -0.1) is 35.3 Å². The lowest BCUT2D eigenvalue weighted by atomic mass is 10.2. The lowest BCUT2D eigenvalue weighted by Gasteiger charge is -2.11. The summed E-state index contributed by atoms with van der Waals surface area (Å²) in [6.45, 7) is 6.59. The molecule has 0 radical (unpaired) electrons. The van der Waals surface area contributed by atoms with E-state index in [1.807, 2.05) is 18.5 Å². The summed E-state index contributed by atoms with van der Waals surface area (Å²) < 4.78 is 0. The molecule has 0 unspecified atom stereocenters. The third kappa shape index (κ3) is 7.74. The van der Waals surface area contributed by atoms with Crippen molar-refractivity contribution in [3.05, 3.63) is 46.2 Å². The Hall–Kier alpha value is -1.22. The van der Waals surface area contributed by atoms with Gasteiger partial charge in [-0.05, 0) is 31.9 Å². The minimum Gasteiger partial charge on any atom is -0.357 e. The number of hydrogen-bond acceptors (Lipinski definition) is 4. The van der Waals surface area contributed by atoms with Crippen LogP contribution < -0.4 is 10.6 Å². The Balaban J connectivity index is 0.00000264. The van der Waals surface area contributed by atoms with E-state index in [1.165, 1.54) is 10.4 Å². The van der Waals surface area contributed by atoms with Gasteiger partial charge in [-0.25, -0.2) is 4.98 Å². The maximum absolute atomic E-state index is 4.59. The fourth-order valence-corrected chi connectivity index (χ4v) is 2.77. The standard InChI is InChI=1S/C16H23N5S.HI/c1-3-18-16(19-9-6-14-5-4-8-17-12-14)20-10-7-15-21-11-13(2)22-15;/h4-5,8,11-12H,3,6-7,9-10H2,1-2H3,(H2,18,19,20);1H. The minimum absolute atomic E-state index is 0. The Kier molecular flexibility index (Phi) is 9.77. The Labute approximate surface area is 159 Å². The molecule has 0 aliphatic heterocycles. The predicted octanol–water partition coefficient (Wildman–Crippen LogP) is 2.80. The number of thiazole rings is 1. The molecule has 2 rings (SSSR count). The van der Waals surface area contributed by atoms with E-state index >= 15 is 0 Å². The molecule has 2 heterocycles. The van der Waals surface area contributed by atoms with Crippen molar-refractivity contribution >= 4 is 41.3 Å². The van der Waals surface area contributed by atoms with Crippen molar-refractivity contribution in [3.8, 4) is 0 Å². The first-order chi connectivity index (χ1) is 10.8. The van der Waals surface area contributed by atoms with Crippen molar-refractivity contribution in [2.24, 2.45) is 4.99 Å². The van der Waals surface area contributed by atoms with Crippen LogP contribution in [0.15, 0.2) is 35.7 Å². The monoisotopic (exact) mass is 445 g/mol. The van der Waals surface area contributed by atoms with E-state index in [4.69, 9.17) is 0 Å². The average molecular weight is 445 g/mol. The second-order valence-electron chi connectivity index (χ2n) is 4.91. The van der Waals surface area contributed by atoms with Crippen molar-refractivity contribution in [1.82, 2.24) is 20.6 Å². The molecule has 0 atom stereocenters. The van der Waals surface area contributed by atoms with E-state index in [0.717, 1.165) is 43.4 Å². The lowest BCUT2D eigenvalue weighted by molar-refractivity contribution is 0.794. The smallest absolute Gasteiger partial charge is 0.191 e. The van der Waals surface area contributed by atoms with Gasteiger partial charge in [0.05, 0.1) is 5.01 Å². The zero-order chi connectivity index (χ0) is 15.6. The van der Waals surface area contributed by atoms with E-state index in [2.05, 4.69) is 45.5 Å². The molecule has 2 aromatic rings. The van der Waals surface area contributed by atoms with Crippen molar-refractivity contribution in [2.75, 3.05) is 19.6 Å². The number of hydrogen-bond donors (Lipinski definition) is 2. The molecule has 0 aliphatic carbocycles. The Morgan fingerprint density at radius 1 is 1.26 bits per heavy atom. The summed E-state index contributed by atoms with van der Waals surface area (Å²) in [5.41, 5.74) is 1.23. The molecule has 2 aromatic heterocycles. The van der Waals surface area contributed by atoms with Gasteiger partial charge in [-0.1, -0.05) is 6.07 Å². The van der Waals surface area contributed by atoms with Crippen molar-refractivity contribution in [1.29, 1.82) is 0 Å². The largest absolute Gasteiger partial charge is 0.357 e. The van der Waals surface area contributed by atoms with Crippen LogP contribution in [0.4, 0.5) is 0 Å². The molecular formula is C16H24IN5S. The normalized spacial score (nSPS) is 11.0. The molecule has 23 heavy (non-hydrogen) atoms. The third-order valence-corrected chi connectivity index (χ3v) is 4.01. The van der Waals surface area contributed by atoms with Crippen LogP contribution in [-0.4, -0.2) is 35.6 Å². The van der Waals surface area contributed by atoms with E-state index in [0.29, 0.717) is 0 Å². The zero-order valence-corrected chi connectivity index (χ0v) is 16.7. The van der Waals surface area contributed by atoms with Crippen molar-refractivity contribution in [2.45, 2.75) is 26.7 Å². The van der Waals surface area contributed by atoms with E-state index in [9.17, 15) is 0 Å². The minimum atomic E-state index is 0. The highest BCUT2D eigenvalue weighted by molar-refractivity contribution is 14.0. The topological polar surface area (TPSA) is 62.2 Å². The number of pyridine rings is 1. The average Bonchev–Trinajstić information content (AvgIpc) is 2.94. The molecule has 5 nitrogen and oxygen atoms in total. The van der Waals surface area contributed by atoms with Gasteiger partial charge >= 0.3 is 0 Å². The van der Waals surface area contributed by atoms with Gasteiger partial charge in [0.1, 0.15) is 0 Å². The summed E-state index contributed by atoms with van der Waals surface area (Å²) in [4.78, 5) is 14.3. The van der Waals surface area contributed by atoms with E-state index < -0.39 is 0 Å². The molecule has 0 fully saturated rings. The van der Waals surface area contributed by atoms with Crippen LogP contribution in [0.2, 0.25) is 0 Å². The van der Waals surface area contributed by atoms with Crippen LogP contribution in [-0.2, 0) is 12.8 Å². The summed E-state index contributed by atoms with van der Waals surface area (Å²) in [5, 5.41) is 7.77. The van der Waals surface area contributed by atoms with Gasteiger partial charge in [-0.2, -0.15) is 0 Å². The molecule has 0 saturated carbocycles. The van der Waals surface area contributed by atoms with Gasteiger partial charge in [0, 0.05) is 49.5 Å². The number of nitrogens with one attached hydrogen (secondary N) is 2. The highest BCUT2D eigenvalue weighted by Gasteiger charge is 2.00. The number of nitrogens with zero attached hydrogens (tertiary/aromatic N) is 3. The predicted molar refractivity (Wildman–Crippen MR) is 108 cm³/mol. The molecule has 0 aliphatic rings. The molecule has 0 amide bonds. The number of rotatable bonds is 7. The van der Waals surface area contributed by atoms with Crippen LogP contribution >= 0.6 is 35.3 Å². The first-order valence-corrected chi connectivity index (χ1v) is 8.42. The lowest BCUT2D eigenvalue weighted by Crippen LogP contribution is -2.38. The zero-order valence-electron chi connectivity index (χ0n) is 13.6. The first-order valence-electron chi connectivity index (χ1n) is 7.60. The number of aliphatic imine (C=N–C) groups is 1. The second-order valence-corrected chi connectivity index (χ2v) is 6.23. The SMILES string of the molecule is CCNC(=NCCc1ncc(C)s1)NCCc1cccnc1.I. The Bertz CT molecular complexity index is 585. The number of aryl methyl sites for hydroxylation is 1. The summed E-state index contributed by atoms with van der Waals surface area (Å²) >= 11 is 1.74. The summed E-state index contributed by atoms with van der Waals surface area (Å²) in [7, 11) is 0. The van der Waals surface area contributed by atoms with Gasteiger partial charge < -0.3 is 10.6 Å². The van der Waals surface area contributed by atoms with E-state index in [1.54, 1.807) is 17.5 Å². The molecule has 0 bridgehead atoms. The summed E-state index contributed by atoms with van der Waals surface area (Å²) in [6, 6.07) is 4.05. The highest BCUT2D eigenvalue weighted by Crippen LogP contribution is 2.11. The molecule has 126 valence electrons. The fraction of sp³-hybridized carbons (Fsp3) is 0.438. The highest BCUT2D eigenvalue weighted by atomic mass is 127. The first kappa shape index (κ1) is 19.8. The van der Waals surface area contributed by atoms with Crippen LogP contribution in [0.25, 0.3) is 0 Å². The molecule has 0 aromatic carbocycles. The van der Waals surface area contributed by atoms with Gasteiger partial charge in [0.25, 0.3) is 0 Å². The second kappa shape index (κ2) is 11.3. The molecule has 0 spiro atoms. The third-order valence-electron chi connectivity index (χ3n) is 3.04. The van der Waals surface area contributed by atoms with Crippen LogP contribution in [0.3, 0.4) is 0 Å². The summed E-state index contributed by atoms with van der Waals surface area (Å²) in [6.07, 6.45) is 7.43. The Morgan fingerprint density at radius 2 is 2.13 bits per heavy atom. The quantitative estimate of drug-likeness (QED) is 0.391. The van der Waals surface area contributed by atoms with Gasteiger partial charge in [0.15, 0.2) is 5.96 Å². The van der Waals surface area contributed by atoms with Crippen molar-refractivity contribution < 1.29 is 0 Å². The number of aromatic nitrogens is 2. The van der Waals surface area contributed by atoms with Crippen LogP contribution in [0, 0.1) is 6.92 Å². The van der Waals surface area contributed by atoms with Crippen molar-refractivity contribution in [3.63, 3.8) is 0 Å². The maximum Gasteiger partial charge on any atom is 0.191 e. The molecular weight excluding hydrogens is 421 g/mol. The van der Waals surface area contributed by atoms with Gasteiger partial charge in [-0.3, -0.25) is 9.98 Å².